The monoisotopic (exact) mass is 347 g/mol. The highest BCUT2D eigenvalue weighted by atomic mass is 79.9. The van der Waals surface area contributed by atoms with Crippen LogP contribution in [0.25, 0.3) is 0 Å². The Bertz CT molecular complexity index is 650. The number of benzene rings is 2. The smallest absolute Gasteiger partial charge is 0.416 e. The Morgan fingerprint density at radius 1 is 1.14 bits per heavy atom. The zero-order valence-electron chi connectivity index (χ0n) is 12.3. The number of anilines is 2. The van der Waals surface area contributed by atoms with Crippen molar-refractivity contribution in [3.05, 3.63) is 58.1 Å². The van der Waals surface area contributed by atoms with Crippen molar-refractivity contribution in [2.75, 3.05) is 4.90 Å². The number of carbonyl (C=O) groups is 1. The van der Waals surface area contributed by atoms with Crippen LogP contribution in [0.2, 0.25) is 0 Å². The second-order valence-electron chi connectivity index (χ2n) is 5.31. The molecule has 0 aliphatic rings. The number of hydrogen-bond acceptors (Lipinski definition) is 1. The van der Waals surface area contributed by atoms with Gasteiger partial charge in [-0.2, -0.15) is 0 Å². The lowest BCUT2D eigenvalue weighted by molar-refractivity contribution is 0.204. The maximum absolute atomic E-state index is 11.8. The summed E-state index contributed by atoms with van der Waals surface area (Å²) in [5.41, 5.74) is 3.42. The molecule has 0 heterocycles. The van der Waals surface area contributed by atoms with E-state index in [4.69, 9.17) is 0 Å². The van der Waals surface area contributed by atoms with Crippen LogP contribution < -0.4 is 4.90 Å². The molecule has 21 heavy (non-hydrogen) atoms. The van der Waals surface area contributed by atoms with E-state index in [9.17, 15) is 9.90 Å². The van der Waals surface area contributed by atoms with Crippen LogP contribution in [0.3, 0.4) is 0 Å². The van der Waals surface area contributed by atoms with Crippen LogP contribution >= 0.6 is 15.9 Å². The molecule has 4 heteroatoms. The van der Waals surface area contributed by atoms with Crippen molar-refractivity contribution in [3.8, 4) is 0 Å². The predicted molar refractivity (Wildman–Crippen MR) is 89.6 cm³/mol. The first kappa shape index (κ1) is 15.6. The van der Waals surface area contributed by atoms with E-state index in [1.54, 1.807) is 12.1 Å². The van der Waals surface area contributed by atoms with E-state index in [0.29, 0.717) is 5.69 Å². The molecule has 0 atom stereocenters. The molecule has 2 rings (SSSR count). The molecule has 0 unspecified atom stereocenters. The molecule has 2 aromatic carbocycles. The molecule has 1 N–H and O–H groups in total. The van der Waals surface area contributed by atoms with Crippen LogP contribution in [0.1, 0.15) is 30.9 Å². The van der Waals surface area contributed by atoms with Crippen molar-refractivity contribution in [2.24, 2.45) is 0 Å². The summed E-state index contributed by atoms with van der Waals surface area (Å²) in [6, 6.07) is 13.2. The Balaban J connectivity index is 2.60. The fraction of sp³-hybridized carbons (Fsp3) is 0.235. The number of halogens is 1. The lowest BCUT2D eigenvalue weighted by Gasteiger charge is -2.24. The SMILES string of the molecule is Cc1ccc(C(C)C)c(N(C(=O)O)c2ccc(Br)cc2)c1. The van der Waals surface area contributed by atoms with Gasteiger partial charge < -0.3 is 5.11 Å². The zero-order valence-corrected chi connectivity index (χ0v) is 13.9. The van der Waals surface area contributed by atoms with Crippen molar-refractivity contribution in [3.63, 3.8) is 0 Å². The van der Waals surface area contributed by atoms with Gasteiger partial charge in [0.15, 0.2) is 0 Å². The largest absolute Gasteiger partial charge is 0.464 e. The molecular weight excluding hydrogens is 330 g/mol. The van der Waals surface area contributed by atoms with Crippen LogP contribution in [0.15, 0.2) is 46.9 Å². The lowest BCUT2D eigenvalue weighted by Crippen LogP contribution is -2.25. The maximum Gasteiger partial charge on any atom is 0.416 e. The summed E-state index contributed by atoms with van der Waals surface area (Å²) in [7, 11) is 0. The quantitative estimate of drug-likeness (QED) is 0.773. The summed E-state index contributed by atoms with van der Waals surface area (Å²) >= 11 is 3.37. The zero-order chi connectivity index (χ0) is 15.6. The second kappa shape index (κ2) is 6.31. The number of nitrogens with zero attached hydrogens (tertiary/aromatic N) is 1. The number of aryl methyl sites for hydroxylation is 1. The minimum Gasteiger partial charge on any atom is -0.464 e. The molecule has 0 spiro atoms. The van der Waals surface area contributed by atoms with E-state index in [-0.39, 0.29) is 5.92 Å². The Kier molecular flexibility index (Phi) is 4.68. The number of amides is 1. The van der Waals surface area contributed by atoms with E-state index in [2.05, 4.69) is 29.8 Å². The van der Waals surface area contributed by atoms with Crippen LogP contribution in [-0.4, -0.2) is 11.2 Å². The average molecular weight is 348 g/mol. The van der Waals surface area contributed by atoms with Crippen LogP contribution in [0.4, 0.5) is 16.2 Å². The Morgan fingerprint density at radius 2 is 1.76 bits per heavy atom. The molecule has 0 aromatic heterocycles. The topological polar surface area (TPSA) is 40.5 Å². The van der Waals surface area contributed by atoms with Gasteiger partial charge in [-0.15, -0.1) is 0 Å². The number of carboxylic acid groups (broad SMARTS) is 1. The second-order valence-corrected chi connectivity index (χ2v) is 6.23. The van der Waals surface area contributed by atoms with Crippen molar-refractivity contribution in [2.45, 2.75) is 26.7 Å². The molecule has 3 nitrogen and oxygen atoms in total. The highest BCUT2D eigenvalue weighted by Crippen LogP contribution is 2.34. The summed E-state index contributed by atoms with van der Waals surface area (Å²) in [5.74, 6) is 0.248. The van der Waals surface area contributed by atoms with E-state index < -0.39 is 6.09 Å². The van der Waals surface area contributed by atoms with Crippen molar-refractivity contribution < 1.29 is 9.90 Å². The van der Waals surface area contributed by atoms with Crippen LogP contribution in [0.5, 0.6) is 0 Å². The Labute approximate surface area is 133 Å². The van der Waals surface area contributed by atoms with Gasteiger partial charge in [0.2, 0.25) is 0 Å². The summed E-state index contributed by atoms with van der Waals surface area (Å²) in [4.78, 5) is 13.1. The highest BCUT2D eigenvalue weighted by Gasteiger charge is 2.21. The summed E-state index contributed by atoms with van der Waals surface area (Å²) in [5, 5.41) is 9.66. The van der Waals surface area contributed by atoms with Gasteiger partial charge in [0.05, 0.1) is 11.4 Å². The third-order valence-electron chi connectivity index (χ3n) is 3.32. The maximum atomic E-state index is 11.8. The van der Waals surface area contributed by atoms with Crippen molar-refractivity contribution in [1.82, 2.24) is 0 Å². The Hall–Kier alpha value is -1.81. The average Bonchev–Trinajstić information content (AvgIpc) is 2.40. The fourth-order valence-corrected chi connectivity index (χ4v) is 2.54. The first-order valence-electron chi connectivity index (χ1n) is 6.79. The minimum absolute atomic E-state index is 0.248. The summed E-state index contributed by atoms with van der Waals surface area (Å²) < 4.78 is 0.921. The third-order valence-corrected chi connectivity index (χ3v) is 3.85. The van der Waals surface area contributed by atoms with Crippen molar-refractivity contribution >= 4 is 33.4 Å². The standard InChI is InChI=1S/C17H18BrNO2/c1-11(2)15-9-4-12(3)10-16(15)19(17(20)21)14-7-5-13(18)6-8-14/h4-11H,1-3H3,(H,20,21). The van der Waals surface area contributed by atoms with Gasteiger partial charge >= 0.3 is 6.09 Å². The molecule has 0 bridgehead atoms. The summed E-state index contributed by atoms with van der Waals surface area (Å²) in [6.07, 6.45) is -0.982. The van der Waals surface area contributed by atoms with Gasteiger partial charge in [-0.25, -0.2) is 9.69 Å². The van der Waals surface area contributed by atoms with Crippen LogP contribution in [0, 0.1) is 6.92 Å². The van der Waals surface area contributed by atoms with Gasteiger partial charge in [-0.3, -0.25) is 0 Å². The molecule has 1 amide bonds. The first-order valence-corrected chi connectivity index (χ1v) is 7.58. The lowest BCUT2D eigenvalue weighted by atomic mass is 9.98. The van der Waals surface area contributed by atoms with Gasteiger partial charge in [0, 0.05) is 4.47 Å². The van der Waals surface area contributed by atoms with E-state index in [1.807, 2.05) is 37.3 Å². The molecule has 0 radical (unpaired) electrons. The predicted octanol–water partition coefficient (Wildman–Crippen LogP) is 5.70. The van der Waals surface area contributed by atoms with Gasteiger partial charge in [0.25, 0.3) is 0 Å². The highest BCUT2D eigenvalue weighted by molar-refractivity contribution is 9.10. The summed E-state index contributed by atoms with van der Waals surface area (Å²) in [6.45, 7) is 6.10. The molecule has 0 aliphatic carbocycles. The molecule has 0 saturated heterocycles. The molecule has 0 saturated carbocycles. The van der Waals surface area contributed by atoms with Gasteiger partial charge in [-0.05, 0) is 54.3 Å². The third kappa shape index (κ3) is 3.45. The molecule has 0 fully saturated rings. The van der Waals surface area contributed by atoms with Gasteiger partial charge in [-0.1, -0.05) is 41.9 Å². The van der Waals surface area contributed by atoms with Crippen LogP contribution in [-0.2, 0) is 0 Å². The van der Waals surface area contributed by atoms with E-state index in [1.165, 1.54) is 4.90 Å². The van der Waals surface area contributed by atoms with E-state index >= 15 is 0 Å². The normalized spacial score (nSPS) is 10.7. The Morgan fingerprint density at radius 3 is 2.29 bits per heavy atom. The minimum atomic E-state index is -0.982. The first-order chi connectivity index (χ1) is 9.90. The molecule has 110 valence electrons. The molecule has 0 aliphatic heterocycles. The number of hydrogen-bond donors (Lipinski definition) is 1. The molecular formula is C17H18BrNO2. The van der Waals surface area contributed by atoms with Crippen molar-refractivity contribution in [1.29, 1.82) is 0 Å². The molecule has 2 aromatic rings. The fourth-order valence-electron chi connectivity index (χ4n) is 2.28. The van der Waals surface area contributed by atoms with Gasteiger partial charge in [0.1, 0.15) is 0 Å². The number of rotatable bonds is 3. The van der Waals surface area contributed by atoms with E-state index in [0.717, 1.165) is 21.3 Å².